The molecule has 584 valence electrons. The van der Waals surface area contributed by atoms with Gasteiger partial charge in [-0.15, -0.1) is 6.61 Å². The number of nitrogens with one attached hydrogen (secondary N) is 7. The summed E-state index contributed by atoms with van der Waals surface area (Å²) in [4.78, 5) is 124. The molecule has 10 heterocycles. The maximum Gasteiger partial charge on any atom is 1.00 e. The van der Waals surface area contributed by atoms with Crippen molar-refractivity contribution < 1.29 is 150 Å². The fraction of sp³-hybridized carbons (Fsp3) is 0.833. The van der Waals surface area contributed by atoms with E-state index in [0.29, 0.717) is 83.6 Å². The Kier molecular flexibility index (Phi) is 61.6. The van der Waals surface area contributed by atoms with Gasteiger partial charge in [-0.25, -0.2) is 19.2 Å². The van der Waals surface area contributed by atoms with E-state index in [-0.39, 0.29) is 167 Å². The molecule has 36 heteroatoms. The Morgan fingerprint density at radius 3 is 1.17 bits per heavy atom. The van der Waals surface area contributed by atoms with E-state index in [0.717, 1.165) is 44.4 Å². The molecule has 10 aliphatic rings. The molecule has 0 aromatic heterocycles. The molecule has 102 heavy (non-hydrogen) atoms. The van der Waals surface area contributed by atoms with E-state index in [4.69, 9.17) is 48.7 Å². The van der Waals surface area contributed by atoms with Crippen molar-refractivity contribution >= 4 is 115 Å². The molecule has 10 fully saturated rings. The quantitative estimate of drug-likeness (QED) is 0.0151. The summed E-state index contributed by atoms with van der Waals surface area (Å²) in [5.41, 5.74) is 5.92. The van der Waals surface area contributed by atoms with Crippen molar-refractivity contribution in [3.05, 3.63) is 0 Å². The molecule has 12 atom stereocenters. The first kappa shape index (κ1) is 107. The van der Waals surface area contributed by atoms with Gasteiger partial charge in [-0.05, 0) is 181 Å². The summed E-state index contributed by atoms with van der Waals surface area (Å²) in [5.74, 6) is 2.58. The fourth-order valence-corrected chi connectivity index (χ4v) is 10.2. The Hall–Kier alpha value is -3.42. The summed E-state index contributed by atoms with van der Waals surface area (Å²) in [6.07, 6.45) is 7.83. The summed E-state index contributed by atoms with van der Waals surface area (Å²) >= 11 is 6.43. The molecule has 4 amide bonds. The monoisotopic (exact) mass is 1610 g/mol. The van der Waals surface area contributed by atoms with Crippen LogP contribution in [0.3, 0.4) is 0 Å². The van der Waals surface area contributed by atoms with Crippen LogP contribution in [0.1, 0.15) is 196 Å². The van der Waals surface area contributed by atoms with Crippen molar-refractivity contribution in [2.45, 2.75) is 270 Å². The van der Waals surface area contributed by atoms with Crippen LogP contribution in [-0.2, 0) is 81.0 Å². The number of nitrogens with zero attached hydrogens (tertiary/aromatic N) is 1. The molecule has 10 aliphatic heterocycles. The number of hydrazine groups is 1. The summed E-state index contributed by atoms with van der Waals surface area (Å²) in [6, 6.07) is 0.903. The Balaban J connectivity index is -0.000000263. The zero-order valence-electron chi connectivity index (χ0n) is 64.9. The van der Waals surface area contributed by atoms with E-state index in [2.05, 4.69) is 79.8 Å². The number of alkyl halides is 2. The minimum absolute atomic E-state index is 0. The van der Waals surface area contributed by atoms with Crippen LogP contribution in [0.25, 0.3) is 0 Å². The number of hydrogen-bond donors (Lipinski definition) is 9. The second kappa shape index (κ2) is 58.6. The van der Waals surface area contributed by atoms with Crippen molar-refractivity contribution in [3.63, 3.8) is 0 Å². The number of amides is 4. The average Bonchev–Trinajstić information content (AvgIpc) is 0.784. The predicted molar refractivity (Wildman–Crippen MR) is 387 cm³/mol. The van der Waals surface area contributed by atoms with Gasteiger partial charge in [0.05, 0.1) is 50.9 Å². The van der Waals surface area contributed by atoms with Crippen molar-refractivity contribution in [3.8, 4) is 0 Å². The van der Waals surface area contributed by atoms with Crippen LogP contribution < -0.4 is 102 Å². The van der Waals surface area contributed by atoms with E-state index < -0.39 is 35.6 Å². The van der Waals surface area contributed by atoms with Gasteiger partial charge >= 0.3 is 96.7 Å². The number of halogens is 2. The van der Waals surface area contributed by atoms with E-state index in [1.54, 1.807) is 90.1 Å². The topological polar surface area (TPSA) is 433 Å². The van der Waals surface area contributed by atoms with Gasteiger partial charge < -0.3 is 91.7 Å². The maximum absolute atomic E-state index is 11.9. The van der Waals surface area contributed by atoms with Crippen LogP contribution in [0.2, 0.25) is 0 Å². The molecule has 11 N–H and O–H groups in total. The second-order valence-electron chi connectivity index (χ2n) is 26.5. The molecule has 0 aliphatic carbocycles. The van der Waals surface area contributed by atoms with Crippen LogP contribution in [0.4, 0.5) is 14.4 Å². The molecule has 12 unspecified atom stereocenters. The molecule has 6 bridgehead atoms. The van der Waals surface area contributed by atoms with Gasteiger partial charge in [0, 0.05) is 50.3 Å². The molecule has 0 aromatic rings. The number of esters is 5. The minimum atomic E-state index is -1.06. The first-order valence-electron chi connectivity index (χ1n) is 34.3. The molecule has 10 saturated heterocycles. The van der Waals surface area contributed by atoms with Crippen molar-refractivity contribution in [2.24, 2.45) is 23.4 Å². The minimum Gasteiger partial charge on any atom is -1.00 e. The largest absolute Gasteiger partial charge is 1.00 e. The molecule has 0 aromatic carbocycles. The molecule has 0 saturated carbocycles. The molecular weight excluding hydrogens is 1490 g/mol. The first-order chi connectivity index (χ1) is 46.2. The smallest absolute Gasteiger partial charge is 1.00 e. The number of nitrogens with two attached hydrogens (primary N) is 2. The Morgan fingerprint density at radius 1 is 0.549 bits per heavy atom. The summed E-state index contributed by atoms with van der Waals surface area (Å²) in [7, 11) is 1.65. The predicted octanol–water partition coefficient (Wildman–Crippen LogP) is -2.17. The van der Waals surface area contributed by atoms with Gasteiger partial charge in [0.15, 0.2) is 17.4 Å². The zero-order chi connectivity index (χ0) is 76.2. The van der Waals surface area contributed by atoms with Crippen LogP contribution in [0.5, 0.6) is 0 Å². The number of carbonyl (C=O) groups excluding carboxylic acids is 11. The number of piperazine rings is 3. The van der Waals surface area contributed by atoms with Crippen LogP contribution in [0, 0.1) is 11.8 Å². The summed E-state index contributed by atoms with van der Waals surface area (Å²) in [6.45, 7) is 35.7. The molecule has 10 rings (SSSR count). The molecular formula is C66H125AlBr2LiN10NaO21. The third kappa shape index (κ3) is 51.0. The fourth-order valence-electron chi connectivity index (χ4n) is 9.40. The SMILES string of the molecule is C1CC2CNC1CN2.CC(C)(C)OC(=O)N1CC2CCC1CN2.CC(C)(C)OC(=O)OC(=O)OC(C)(C)C.CCOC(=O)C(Br)CCC(Br)C(=O)OCC.CCOC(=O)C(C)CCC(C)C(=O)OCC.CCOC(=O)C1CCC(N)C(=O)N1.CC[O-].CNN.O=C1NC2CCC1NC2=O.[AlH3].[H-].[Li+].[Na+]. The van der Waals surface area contributed by atoms with Gasteiger partial charge in [0.2, 0.25) is 17.7 Å². The van der Waals surface area contributed by atoms with Gasteiger partial charge in [-0.3, -0.25) is 44.8 Å². The average molecular weight is 1610 g/mol. The summed E-state index contributed by atoms with van der Waals surface area (Å²) < 4.78 is 43.4. The normalized spacial score (nSPS) is 21.7. The van der Waals surface area contributed by atoms with Crippen LogP contribution in [-0.4, -0.2) is 236 Å². The van der Waals surface area contributed by atoms with E-state index in [9.17, 15) is 52.7 Å². The molecule has 0 spiro atoms. The van der Waals surface area contributed by atoms with E-state index >= 15 is 0 Å². The number of hydrogen-bond acceptors (Lipinski definition) is 27. The van der Waals surface area contributed by atoms with E-state index in [1.165, 1.54) is 32.4 Å². The number of rotatable bonds is 16. The number of fused-ring (bicyclic) bond motifs is 9. The Bertz CT molecular complexity index is 2270. The van der Waals surface area contributed by atoms with Gasteiger partial charge in [0.1, 0.15) is 44.6 Å². The molecule has 31 nitrogen and oxygen atoms in total. The third-order valence-corrected chi connectivity index (χ3v) is 15.9. The Labute approximate surface area is 668 Å². The zero-order valence-corrected chi connectivity index (χ0v) is 69.1. The van der Waals surface area contributed by atoms with Crippen molar-refractivity contribution in [2.75, 3.05) is 72.9 Å². The first-order valence-corrected chi connectivity index (χ1v) is 36.1. The van der Waals surface area contributed by atoms with Crippen LogP contribution in [0.15, 0.2) is 0 Å². The van der Waals surface area contributed by atoms with E-state index in [1.807, 2.05) is 39.5 Å². The number of ether oxygens (including phenoxy) is 9. The molecule has 0 radical (unpaired) electrons. The summed E-state index contributed by atoms with van der Waals surface area (Å²) in [5, 5.41) is 27.0. The van der Waals surface area contributed by atoms with Gasteiger partial charge in [-0.2, -0.15) is 0 Å². The van der Waals surface area contributed by atoms with Gasteiger partial charge in [0.25, 0.3) is 0 Å². The van der Waals surface area contributed by atoms with Crippen molar-refractivity contribution in [1.82, 2.24) is 42.2 Å². The standard InChI is InChI=1S/C12H22O4.C11H20N2O2.C10H16Br2O4.C10H18O5.C8H14N2O3.C6H8N2O2.C6H12N2.C2H5O.CH6N2.Al.Li.Na.4H/c1-5-15-11(13)9(3)7-8-10(4)12(14)16-6-2;1-11(2,3)15-10(14)13-7-8-4-5-9(13)6-12-8;1-3-15-9(13)7(11)5-6-8(12)10(14)16-4-2;1-9(2,3)14-7(11)13-8(12)15-10(4,5)6;1-2-13-8(12)6-4-3-5(9)7(11)10-6;9-5-3-1-2-4(8-5)6(10)7-3;1-2-6-4-7-5(1)3-8-6;1-2-3;1-3-2;;;;;;;/h9-10H,5-8H2,1-4H3;8-9,12H,4-7H2,1-3H3;7-8H,3-6H2,1-2H3;1-6H3;5-6H,2-4,9H2,1H3,(H,10,11);3-4H,1-2H2,(H,7,10)(H,8,9);5-8H,1-4H2;2H2,1H3;3H,2H2,1H3;;;;;;;/q;;;;;;;-1;;;2*+1;;;;-1. The van der Waals surface area contributed by atoms with Crippen molar-refractivity contribution in [1.29, 1.82) is 0 Å². The number of carbonyl (C=O) groups is 11. The Morgan fingerprint density at radius 2 is 0.902 bits per heavy atom. The number of piperidine rings is 7. The third-order valence-electron chi connectivity index (χ3n) is 14.3. The second-order valence-corrected chi connectivity index (χ2v) is 28.7. The van der Waals surface area contributed by atoms with Crippen LogP contribution >= 0.6 is 31.9 Å². The maximum atomic E-state index is 11.9. The van der Waals surface area contributed by atoms with Gasteiger partial charge in [-0.1, -0.05) is 52.6 Å².